The van der Waals surface area contributed by atoms with Crippen molar-refractivity contribution in [3.05, 3.63) is 39.7 Å². The summed E-state index contributed by atoms with van der Waals surface area (Å²) in [5.41, 5.74) is 0.687. The fraction of sp³-hybridized carbons (Fsp3) is 0.231. The van der Waals surface area contributed by atoms with Crippen LogP contribution in [0.5, 0.6) is 5.75 Å². The fourth-order valence-electron chi connectivity index (χ4n) is 1.92. The average molecular weight is 282 g/mol. The number of hydrogen-bond donors (Lipinski definition) is 1. The predicted molar refractivity (Wildman–Crippen MR) is 65.3 cm³/mol. The molecule has 0 aliphatic heterocycles. The molecule has 0 unspecified atom stereocenters. The first-order valence-electron chi connectivity index (χ1n) is 5.60. The number of nitrogens with one attached hydrogen (secondary N) is 1. The number of aryl methyl sites for hydroxylation is 1. The van der Waals surface area contributed by atoms with Gasteiger partial charge in [-0.1, -0.05) is 0 Å². The second kappa shape index (κ2) is 4.89. The van der Waals surface area contributed by atoms with Gasteiger partial charge in [0.25, 0.3) is 0 Å². The predicted octanol–water partition coefficient (Wildman–Crippen LogP) is 2.80. The molecule has 0 fully saturated rings. The first kappa shape index (κ1) is 13.9. The van der Waals surface area contributed by atoms with Crippen LogP contribution in [-0.4, -0.2) is 11.3 Å². The summed E-state index contributed by atoms with van der Waals surface area (Å²) in [5, 5.41) is 8.73. The van der Waals surface area contributed by atoms with Gasteiger partial charge in [-0.15, -0.1) is 13.2 Å². The van der Waals surface area contributed by atoms with Crippen LogP contribution in [0.15, 0.2) is 23.0 Å². The minimum absolute atomic E-state index is 0.0580. The maximum atomic E-state index is 12.2. The van der Waals surface area contributed by atoms with Crippen LogP contribution in [0.4, 0.5) is 13.2 Å². The van der Waals surface area contributed by atoms with Gasteiger partial charge in [0.05, 0.1) is 12.5 Å². The molecule has 2 aromatic rings. The largest absolute Gasteiger partial charge is 0.573 e. The Morgan fingerprint density at radius 1 is 1.40 bits per heavy atom. The first-order chi connectivity index (χ1) is 9.31. The van der Waals surface area contributed by atoms with Gasteiger partial charge >= 0.3 is 6.36 Å². The Bertz CT molecular complexity index is 757. The molecule has 4 nitrogen and oxygen atoms in total. The number of aromatic amines is 1. The maximum Gasteiger partial charge on any atom is 0.573 e. The second-order valence-electron chi connectivity index (χ2n) is 4.15. The number of nitriles is 1. The molecular formula is C13H9F3N2O2. The van der Waals surface area contributed by atoms with Crippen LogP contribution in [0.3, 0.4) is 0 Å². The number of halogens is 3. The van der Waals surface area contributed by atoms with E-state index < -0.39 is 17.5 Å². The molecule has 0 aliphatic rings. The van der Waals surface area contributed by atoms with Gasteiger partial charge in [0.1, 0.15) is 5.75 Å². The second-order valence-corrected chi connectivity index (χ2v) is 4.15. The van der Waals surface area contributed by atoms with Gasteiger partial charge in [0.15, 0.2) is 5.43 Å². The van der Waals surface area contributed by atoms with Gasteiger partial charge in [-0.3, -0.25) is 4.79 Å². The average Bonchev–Trinajstić information content (AvgIpc) is 2.33. The lowest BCUT2D eigenvalue weighted by molar-refractivity contribution is -0.274. The lowest BCUT2D eigenvalue weighted by atomic mass is 10.1. The van der Waals surface area contributed by atoms with Gasteiger partial charge < -0.3 is 9.72 Å². The summed E-state index contributed by atoms with van der Waals surface area (Å²) >= 11 is 0. The van der Waals surface area contributed by atoms with Crippen molar-refractivity contribution >= 4 is 10.9 Å². The van der Waals surface area contributed by atoms with Crippen molar-refractivity contribution in [3.63, 3.8) is 0 Å². The molecule has 1 N–H and O–H groups in total. The molecule has 0 saturated heterocycles. The Morgan fingerprint density at radius 3 is 2.70 bits per heavy atom. The van der Waals surface area contributed by atoms with E-state index in [1.54, 1.807) is 6.92 Å². The Balaban J connectivity index is 2.62. The van der Waals surface area contributed by atoms with Crippen molar-refractivity contribution in [1.29, 1.82) is 5.26 Å². The molecule has 2 rings (SSSR count). The molecule has 0 atom stereocenters. The van der Waals surface area contributed by atoms with E-state index in [1.807, 2.05) is 6.07 Å². The Morgan fingerprint density at radius 2 is 2.10 bits per heavy atom. The number of nitrogens with zero attached hydrogens (tertiary/aromatic N) is 1. The Hall–Kier alpha value is -2.49. The van der Waals surface area contributed by atoms with Gasteiger partial charge in [-0.25, -0.2) is 0 Å². The topological polar surface area (TPSA) is 65.9 Å². The molecule has 0 radical (unpaired) electrons. The van der Waals surface area contributed by atoms with Crippen molar-refractivity contribution in [3.8, 4) is 11.8 Å². The highest BCUT2D eigenvalue weighted by Gasteiger charge is 2.31. The minimum Gasteiger partial charge on any atom is -0.406 e. The first-order valence-corrected chi connectivity index (χ1v) is 5.60. The van der Waals surface area contributed by atoms with E-state index in [2.05, 4.69) is 9.72 Å². The summed E-state index contributed by atoms with van der Waals surface area (Å²) in [6, 6.07) is 5.32. The molecule has 20 heavy (non-hydrogen) atoms. The number of pyridine rings is 1. The van der Waals surface area contributed by atoms with Crippen LogP contribution in [0.2, 0.25) is 0 Å². The number of rotatable bonds is 2. The van der Waals surface area contributed by atoms with Crippen molar-refractivity contribution in [2.24, 2.45) is 0 Å². The van der Waals surface area contributed by atoms with Crippen molar-refractivity contribution in [2.75, 3.05) is 0 Å². The van der Waals surface area contributed by atoms with Crippen molar-refractivity contribution in [1.82, 2.24) is 4.98 Å². The molecule has 0 amide bonds. The lowest BCUT2D eigenvalue weighted by Crippen LogP contribution is -2.18. The van der Waals surface area contributed by atoms with E-state index in [0.29, 0.717) is 11.2 Å². The fourth-order valence-corrected chi connectivity index (χ4v) is 1.92. The van der Waals surface area contributed by atoms with E-state index in [1.165, 1.54) is 6.07 Å². The molecular weight excluding hydrogens is 273 g/mol. The molecule has 7 heteroatoms. The molecule has 1 heterocycles. The molecule has 104 valence electrons. The molecule has 0 bridgehead atoms. The Kier molecular flexibility index (Phi) is 3.40. The third-order valence-electron chi connectivity index (χ3n) is 2.77. The number of hydrogen-bond acceptors (Lipinski definition) is 3. The number of alkyl halides is 3. The smallest absolute Gasteiger partial charge is 0.406 e. The summed E-state index contributed by atoms with van der Waals surface area (Å²) in [5.74, 6) is -0.470. The molecule has 0 aliphatic carbocycles. The molecule has 0 spiro atoms. The maximum absolute atomic E-state index is 12.2. The number of fused-ring (bicyclic) bond motifs is 1. The number of benzene rings is 1. The molecule has 1 aromatic heterocycles. The van der Waals surface area contributed by atoms with E-state index in [0.717, 1.165) is 12.1 Å². The third kappa shape index (κ3) is 2.74. The quantitative estimate of drug-likeness (QED) is 0.921. The molecule has 0 saturated carbocycles. The van der Waals surface area contributed by atoms with Crippen LogP contribution in [0.25, 0.3) is 10.9 Å². The van der Waals surface area contributed by atoms with Crippen LogP contribution in [0, 0.1) is 18.3 Å². The summed E-state index contributed by atoms with van der Waals surface area (Å²) < 4.78 is 40.2. The molecule has 1 aromatic carbocycles. The zero-order chi connectivity index (χ0) is 14.9. The van der Waals surface area contributed by atoms with Gasteiger partial charge in [0.2, 0.25) is 0 Å². The number of aromatic nitrogens is 1. The minimum atomic E-state index is -4.82. The van der Waals surface area contributed by atoms with E-state index >= 15 is 0 Å². The van der Waals surface area contributed by atoms with Gasteiger partial charge in [0, 0.05) is 22.2 Å². The van der Waals surface area contributed by atoms with Crippen molar-refractivity contribution < 1.29 is 17.9 Å². The Labute approximate surface area is 111 Å². The summed E-state index contributed by atoms with van der Waals surface area (Å²) in [6.07, 6.45) is -4.93. The third-order valence-corrected chi connectivity index (χ3v) is 2.77. The summed E-state index contributed by atoms with van der Waals surface area (Å²) in [7, 11) is 0. The highest BCUT2D eigenvalue weighted by Crippen LogP contribution is 2.25. The lowest BCUT2D eigenvalue weighted by Gasteiger charge is -2.10. The number of ether oxygens (including phenoxy) is 1. The summed E-state index contributed by atoms with van der Waals surface area (Å²) in [4.78, 5) is 15.0. The normalized spacial score (nSPS) is 11.3. The van der Waals surface area contributed by atoms with Gasteiger partial charge in [-0.05, 0) is 25.1 Å². The van der Waals surface area contributed by atoms with Crippen molar-refractivity contribution in [2.45, 2.75) is 19.7 Å². The standard InChI is InChI=1S/C13H9F3N2O2/c1-7-9(4-5-17)12(19)10-6-8(20-13(14,15)16)2-3-11(10)18-7/h2-3,6H,4H2,1H3,(H,18,19). The monoisotopic (exact) mass is 282 g/mol. The van der Waals surface area contributed by atoms with Crippen LogP contribution >= 0.6 is 0 Å². The van der Waals surface area contributed by atoms with Crippen LogP contribution < -0.4 is 10.2 Å². The zero-order valence-electron chi connectivity index (χ0n) is 10.3. The number of H-pyrrole nitrogens is 1. The van der Waals surface area contributed by atoms with E-state index in [9.17, 15) is 18.0 Å². The van der Waals surface area contributed by atoms with Crippen LogP contribution in [0.1, 0.15) is 11.3 Å². The summed E-state index contributed by atoms with van der Waals surface area (Å²) in [6.45, 7) is 1.63. The SMILES string of the molecule is Cc1[nH]c2ccc(OC(F)(F)F)cc2c(=O)c1CC#N. The highest BCUT2D eigenvalue weighted by atomic mass is 19.4. The van der Waals surface area contributed by atoms with E-state index in [4.69, 9.17) is 5.26 Å². The van der Waals surface area contributed by atoms with Crippen LogP contribution in [-0.2, 0) is 6.42 Å². The van der Waals surface area contributed by atoms with Gasteiger partial charge in [-0.2, -0.15) is 5.26 Å². The highest BCUT2D eigenvalue weighted by molar-refractivity contribution is 5.81. The van der Waals surface area contributed by atoms with E-state index in [-0.39, 0.29) is 17.4 Å². The zero-order valence-corrected chi connectivity index (χ0v) is 10.3.